The second kappa shape index (κ2) is 12.6. The van der Waals surface area contributed by atoms with Crippen LogP contribution in [-0.2, 0) is 6.54 Å². The molecule has 0 bridgehead atoms. The average Bonchev–Trinajstić information content (AvgIpc) is 2.98. The molecule has 1 N–H and O–H groups in total. The smallest absolute Gasteiger partial charge is 0.119 e. The van der Waals surface area contributed by atoms with Crippen LogP contribution in [0.15, 0.2) is 48.5 Å². The lowest BCUT2D eigenvalue weighted by atomic mass is 9.96. The number of nitrogens with zero attached hydrogens (tertiary/aromatic N) is 2. The summed E-state index contributed by atoms with van der Waals surface area (Å²) in [5, 5.41) is 11.1. The van der Waals surface area contributed by atoms with Gasteiger partial charge in [-0.05, 0) is 90.3 Å². The Morgan fingerprint density at radius 2 is 1.50 bits per heavy atom. The van der Waals surface area contributed by atoms with Gasteiger partial charge in [0.15, 0.2) is 0 Å². The van der Waals surface area contributed by atoms with Gasteiger partial charge in [-0.3, -0.25) is 9.80 Å². The van der Waals surface area contributed by atoms with Crippen LogP contribution in [0.5, 0.6) is 11.5 Å². The zero-order valence-corrected chi connectivity index (χ0v) is 21.8. The van der Waals surface area contributed by atoms with E-state index in [1.165, 1.54) is 11.1 Å². The minimum atomic E-state index is -0.767. The van der Waals surface area contributed by atoms with Crippen LogP contribution < -0.4 is 9.47 Å². The number of aliphatic hydroxyl groups is 1. The van der Waals surface area contributed by atoms with Crippen LogP contribution in [0.3, 0.4) is 0 Å². The minimum absolute atomic E-state index is 0.348. The molecule has 0 aromatic heterocycles. The molecule has 2 aromatic carbocycles. The van der Waals surface area contributed by atoms with E-state index in [0.717, 1.165) is 56.9 Å². The van der Waals surface area contributed by atoms with E-state index in [9.17, 15) is 5.11 Å². The van der Waals surface area contributed by atoms with Crippen LogP contribution in [0.4, 0.5) is 0 Å². The maximum atomic E-state index is 11.1. The third kappa shape index (κ3) is 8.30. The van der Waals surface area contributed by atoms with Gasteiger partial charge in [0, 0.05) is 31.7 Å². The Hall–Kier alpha value is -2.08. The number of aryl methyl sites for hydroxylation is 1. The molecule has 0 radical (unpaired) electrons. The summed E-state index contributed by atoms with van der Waals surface area (Å²) in [7, 11) is 0. The van der Waals surface area contributed by atoms with Crippen LogP contribution in [0.25, 0.3) is 0 Å². The van der Waals surface area contributed by atoms with Gasteiger partial charge in [-0.25, -0.2) is 0 Å². The Kier molecular flexibility index (Phi) is 9.81. The molecule has 1 fully saturated rings. The van der Waals surface area contributed by atoms with Gasteiger partial charge >= 0.3 is 0 Å². The quantitative estimate of drug-likeness (QED) is 0.486. The molecule has 0 saturated carbocycles. The maximum absolute atomic E-state index is 11.1. The Morgan fingerprint density at radius 3 is 2.15 bits per heavy atom. The monoisotopic (exact) mass is 468 g/mol. The summed E-state index contributed by atoms with van der Waals surface area (Å²) in [5.74, 6) is 1.75. The van der Waals surface area contributed by atoms with Gasteiger partial charge in [0.2, 0.25) is 0 Å². The summed E-state index contributed by atoms with van der Waals surface area (Å²) < 4.78 is 11.9. The van der Waals surface area contributed by atoms with E-state index >= 15 is 0 Å². The van der Waals surface area contributed by atoms with E-state index in [-0.39, 0.29) is 0 Å². The van der Waals surface area contributed by atoms with Gasteiger partial charge in [-0.15, -0.1) is 0 Å². The van der Waals surface area contributed by atoms with Crippen molar-refractivity contribution >= 4 is 0 Å². The molecule has 1 atom stereocenters. The molecule has 1 unspecified atom stereocenters. The zero-order chi connectivity index (χ0) is 24.6. The fourth-order valence-corrected chi connectivity index (χ4v) is 4.72. The van der Waals surface area contributed by atoms with E-state index in [4.69, 9.17) is 9.47 Å². The van der Waals surface area contributed by atoms with Crippen LogP contribution in [0.2, 0.25) is 0 Å². The van der Waals surface area contributed by atoms with Crippen LogP contribution >= 0.6 is 0 Å². The lowest BCUT2D eigenvalue weighted by molar-refractivity contribution is -0.0168. The Bertz CT molecular complexity index is 843. The third-order valence-electron chi connectivity index (χ3n) is 6.81. The first-order valence-corrected chi connectivity index (χ1v) is 12.9. The molecule has 1 heterocycles. The molecule has 1 saturated heterocycles. The second-order valence-corrected chi connectivity index (χ2v) is 10.4. The highest BCUT2D eigenvalue weighted by atomic mass is 16.5. The van der Waals surface area contributed by atoms with E-state index in [0.29, 0.717) is 25.3 Å². The summed E-state index contributed by atoms with van der Waals surface area (Å²) in [5.41, 5.74) is 1.72. The second-order valence-electron chi connectivity index (χ2n) is 10.4. The summed E-state index contributed by atoms with van der Waals surface area (Å²) in [6, 6.07) is 17.5. The summed E-state index contributed by atoms with van der Waals surface area (Å²) in [4.78, 5) is 4.88. The van der Waals surface area contributed by atoms with E-state index in [2.05, 4.69) is 68.7 Å². The topological polar surface area (TPSA) is 45.2 Å². The number of likely N-dealkylation sites (tertiary alicyclic amines) is 1. The molecule has 0 spiro atoms. The van der Waals surface area contributed by atoms with Crippen molar-refractivity contribution in [2.75, 3.05) is 32.8 Å². The Labute approximate surface area is 206 Å². The molecule has 0 aliphatic carbocycles. The number of rotatable bonds is 11. The zero-order valence-electron chi connectivity index (χ0n) is 21.8. The maximum Gasteiger partial charge on any atom is 0.119 e. The van der Waals surface area contributed by atoms with Gasteiger partial charge in [0.25, 0.3) is 0 Å². The van der Waals surface area contributed by atoms with Crippen molar-refractivity contribution < 1.29 is 14.6 Å². The molecule has 1 aliphatic heterocycles. The van der Waals surface area contributed by atoms with Crippen LogP contribution in [0, 0.1) is 6.92 Å². The highest BCUT2D eigenvalue weighted by molar-refractivity contribution is 5.27. The predicted octanol–water partition coefficient (Wildman–Crippen LogP) is 5.29. The Morgan fingerprint density at radius 1 is 0.882 bits per heavy atom. The lowest BCUT2D eigenvalue weighted by Gasteiger charge is -2.30. The van der Waals surface area contributed by atoms with Crippen molar-refractivity contribution in [2.24, 2.45) is 0 Å². The predicted molar refractivity (Wildman–Crippen MR) is 140 cm³/mol. The van der Waals surface area contributed by atoms with Gasteiger partial charge in [-0.1, -0.05) is 29.8 Å². The first-order chi connectivity index (χ1) is 16.2. The van der Waals surface area contributed by atoms with Crippen LogP contribution in [-0.4, -0.2) is 65.4 Å². The molecule has 5 nitrogen and oxygen atoms in total. The van der Waals surface area contributed by atoms with Crippen molar-refractivity contribution in [3.63, 3.8) is 0 Å². The van der Waals surface area contributed by atoms with Crippen molar-refractivity contribution in [3.8, 4) is 11.5 Å². The molecule has 5 heteroatoms. The minimum Gasteiger partial charge on any atom is -0.492 e. The van der Waals surface area contributed by atoms with Crippen molar-refractivity contribution in [1.82, 2.24) is 9.80 Å². The molecular formula is C29H44N2O3. The van der Waals surface area contributed by atoms with Gasteiger partial charge < -0.3 is 14.6 Å². The van der Waals surface area contributed by atoms with Gasteiger partial charge in [0.05, 0.1) is 5.60 Å². The van der Waals surface area contributed by atoms with E-state index in [1.807, 2.05) is 24.3 Å². The van der Waals surface area contributed by atoms with E-state index in [1.54, 1.807) is 0 Å². The molecule has 34 heavy (non-hydrogen) atoms. The number of hydrogen-bond donors (Lipinski definition) is 1. The van der Waals surface area contributed by atoms with Crippen molar-refractivity contribution in [3.05, 3.63) is 59.7 Å². The highest BCUT2D eigenvalue weighted by Crippen LogP contribution is 2.25. The Balaban J connectivity index is 1.43. The molecule has 2 aromatic rings. The van der Waals surface area contributed by atoms with Crippen molar-refractivity contribution in [1.29, 1.82) is 0 Å². The van der Waals surface area contributed by atoms with E-state index < -0.39 is 5.60 Å². The number of ether oxygens (including phenoxy) is 2. The first kappa shape index (κ1) is 26.5. The molecule has 0 amide bonds. The fourth-order valence-electron chi connectivity index (χ4n) is 4.72. The lowest BCUT2D eigenvalue weighted by Crippen LogP contribution is -2.39. The molecule has 1 aliphatic rings. The molecular weight excluding hydrogens is 424 g/mol. The number of benzene rings is 2. The molecule has 188 valence electrons. The summed E-state index contributed by atoms with van der Waals surface area (Å²) in [6.45, 7) is 15.7. The SMILES string of the molecule is Cc1ccc(OCC2(O)CCCN(Cc3ccc(OCCN(C(C)C)C(C)C)cc3)CC2)cc1. The summed E-state index contributed by atoms with van der Waals surface area (Å²) in [6.07, 6.45) is 2.46. The molecule has 3 rings (SSSR count). The van der Waals surface area contributed by atoms with Gasteiger partial charge in [0.1, 0.15) is 24.7 Å². The number of hydrogen-bond acceptors (Lipinski definition) is 5. The average molecular weight is 469 g/mol. The largest absolute Gasteiger partial charge is 0.492 e. The standard InChI is InChI=1S/C29H44N2O3/c1-23(2)31(24(3)4)19-20-33-27-13-9-26(10-14-27)21-30-17-6-15-29(32,16-18-30)22-34-28-11-7-25(5)8-12-28/h7-14,23-24,32H,6,15-22H2,1-5H3. The highest BCUT2D eigenvalue weighted by Gasteiger charge is 2.31. The fraction of sp³-hybridized carbons (Fsp3) is 0.586. The third-order valence-corrected chi connectivity index (χ3v) is 6.81. The first-order valence-electron chi connectivity index (χ1n) is 12.9. The van der Waals surface area contributed by atoms with Gasteiger partial charge in [-0.2, -0.15) is 0 Å². The van der Waals surface area contributed by atoms with Crippen molar-refractivity contribution in [2.45, 2.75) is 78.1 Å². The normalized spacial score (nSPS) is 19.6. The van der Waals surface area contributed by atoms with Crippen LogP contribution in [0.1, 0.15) is 58.1 Å². The summed E-state index contributed by atoms with van der Waals surface area (Å²) >= 11 is 0.